The van der Waals surface area contributed by atoms with Gasteiger partial charge < -0.3 is 45.4 Å². The summed E-state index contributed by atoms with van der Waals surface area (Å²) in [7, 11) is -1.90. The van der Waals surface area contributed by atoms with Gasteiger partial charge in [-0.05, 0) is 67.6 Å². The number of carbonyl (C=O) groups excluding carboxylic acids is 4. The third-order valence-electron chi connectivity index (χ3n) is 10.2. The fourth-order valence-electron chi connectivity index (χ4n) is 7.17. The first-order valence-electron chi connectivity index (χ1n) is 17.1. The zero-order valence-corrected chi connectivity index (χ0v) is 29.0. The number of benzene rings is 3. The molecule has 1 aromatic heterocycles. The number of carboxylic acid groups (broad SMARTS) is 1. The van der Waals surface area contributed by atoms with E-state index in [0.717, 1.165) is 17.0 Å². The Kier molecular flexibility index (Phi) is 9.63. The first-order chi connectivity index (χ1) is 26.2. The number of nitrogens with one attached hydrogen (secondary N) is 3. The molecule has 3 aliphatic heterocycles. The Balaban J connectivity index is 1.05. The lowest BCUT2D eigenvalue weighted by molar-refractivity contribution is -0.123. The van der Waals surface area contributed by atoms with Crippen molar-refractivity contribution >= 4 is 48.0 Å². The number of carboxylic acids is 1. The fraction of sp³-hybridized carbons (Fsp3) is 0.324. The van der Waals surface area contributed by atoms with Crippen molar-refractivity contribution in [1.29, 1.82) is 0 Å². The fourth-order valence-corrected chi connectivity index (χ4v) is 7.17. The van der Waals surface area contributed by atoms with Gasteiger partial charge in [0, 0.05) is 43.3 Å². The van der Waals surface area contributed by atoms with Crippen LogP contribution >= 0.6 is 0 Å². The number of hydrogen-bond donors (Lipinski definition) is 7. The number of aromatic hydroxyl groups is 2. The molecule has 21 heteroatoms. The number of phenolic OH excluding ortho intramolecular Hbond substituents is 2. The number of phenols is 2. The van der Waals surface area contributed by atoms with Crippen molar-refractivity contribution in [2.24, 2.45) is 0 Å². The predicted octanol–water partition coefficient (Wildman–Crippen LogP) is 1.59. The van der Waals surface area contributed by atoms with Crippen LogP contribution in [0.3, 0.4) is 0 Å². The second kappa shape index (κ2) is 14.4. The van der Waals surface area contributed by atoms with Crippen LogP contribution in [-0.4, -0.2) is 126 Å². The summed E-state index contributed by atoms with van der Waals surface area (Å²) in [6.45, 7) is 1.98. The number of carbonyl (C=O) groups is 5. The van der Waals surface area contributed by atoms with Crippen molar-refractivity contribution in [2.45, 2.75) is 44.2 Å². The van der Waals surface area contributed by atoms with Gasteiger partial charge in [0.25, 0.3) is 5.91 Å². The molecular weight excluding hydrogens is 729 g/mol. The van der Waals surface area contributed by atoms with Crippen molar-refractivity contribution in [3.8, 4) is 17.2 Å². The number of rotatable bonds is 7. The van der Waals surface area contributed by atoms with Gasteiger partial charge in [-0.2, -0.15) is 15.4 Å². The van der Waals surface area contributed by atoms with Gasteiger partial charge in [0.05, 0.1) is 5.94 Å². The van der Waals surface area contributed by atoms with Crippen LogP contribution in [0.15, 0.2) is 36.4 Å². The number of likely N-dealkylation sites (tertiary alicyclic amines) is 1. The van der Waals surface area contributed by atoms with Crippen LogP contribution in [-0.2, 0) is 11.2 Å². The largest absolute Gasteiger partial charge is 0.547 e. The Morgan fingerprint density at radius 3 is 2.44 bits per heavy atom. The SMILES string of the molecule is Cc1c(C(NC(=O)N2CCN(C3CCN(C(=O)c4ccc5n[nH]nc5c4)CC3)C2=O)C(=O)N[C@H]2Cc3ccc(F)c(C(=O)O)c3OB2O)cc(F)c(O)c1O. The van der Waals surface area contributed by atoms with Crippen LogP contribution in [0.2, 0.25) is 0 Å². The number of urea groups is 2. The molecule has 0 bridgehead atoms. The predicted molar refractivity (Wildman–Crippen MR) is 185 cm³/mol. The summed E-state index contributed by atoms with van der Waals surface area (Å²) in [6, 6.07) is 3.93. The van der Waals surface area contributed by atoms with Gasteiger partial charge in [-0.1, -0.05) is 6.07 Å². The molecule has 0 spiro atoms. The lowest BCUT2D eigenvalue weighted by Crippen LogP contribution is -2.56. The summed E-state index contributed by atoms with van der Waals surface area (Å²) >= 11 is 0. The molecule has 3 aromatic carbocycles. The third-order valence-corrected chi connectivity index (χ3v) is 10.2. The molecular formula is C34H33BF2N8O10. The number of piperidine rings is 1. The third kappa shape index (κ3) is 6.77. The average Bonchev–Trinajstić information content (AvgIpc) is 3.80. The van der Waals surface area contributed by atoms with Gasteiger partial charge in [0.15, 0.2) is 17.3 Å². The van der Waals surface area contributed by atoms with Crippen molar-refractivity contribution < 1.29 is 57.8 Å². The first-order valence-corrected chi connectivity index (χ1v) is 17.1. The maximum Gasteiger partial charge on any atom is 0.547 e. The van der Waals surface area contributed by atoms with E-state index in [2.05, 4.69) is 26.0 Å². The molecule has 7 rings (SSSR count). The highest BCUT2D eigenvalue weighted by molar-refractivity contribution is 6.47. The van der Waals surface area contributed by atoms with E-state index in [0.29, 0.717) is 42.5 Å². The van der Waals surface area contributed by atoms with E-state index in [9.17, 15) is 53.1 Å². The monoisotopic (exact) mass is 762 g/mol. The van der Waals surface area contributed by atoms with Crippen LogP contribution in [0.1, 0.15) is 56.3 Å². The first kappa shape index (κ1) is 36.8. The molecule has 2 saturated heterocycles. The minimum absolute atomic E-state index is 0.0849. The molecule has 55 heavy (non-hydrogen) atoms. The Bertz CT molecular complexity index is 2250. The molecule has 4 heterocycles. The van der Waals surface area contributed by atoms with Gasteiger partial charge >= 0.3 is 25.1 Å². The highest BCUT2D eigenvalue weighted by Crippen LogP contribution is 2.37. The van der Waals surface area contributed by atoms with Crippen LogP contribution < -0.4 is 15.3 Å². The topological polar surface area (TPSA) is 251 Å². The summed E-state index contributed by atoms with van der Waals surface area (Å²) in [5.74, 6) is -9.10. The van der Waals surface area contributed by atoms with Crippen LogP contribution in [0.25, 0.3) is 11.0 Å². The minimum Gasteiger partial charge on any atom is -0.534 e. The number of hydrogen-bond acceptors (Lipinski definition) is 11. The quantitative estimate of drug-likeness (QED) is 0.105. The van der Waals surface area contributed by atoms with E-state index in [1.54, 1.807) is 23.1 Å². The second-order valence-corrected chi connectivity index (χ2v) is 13.4. The molecule has 0 radical (unpaired) electrons. The van der Waals surface area contributed by atoms with Crippen LogP contribution in [0.4, 0.5) is 18.4 Å². The number of imide groups is 1. The highest BCUT2D eigenvalue weighted by Gasteiger charge is 2.43. The molecule has 6 amide bonds. The number of aromatic amines is 1. The average molecular weight is 762 g/mol. The van der Waals surface area contributed by atoms with Crippen molar-refractivity contribution in [3.05, 3.63) is 75.8 Å². The van der Waals surface area contributed by atoms with Gasteiger partial charge in [-0.15, -0.1) is 0 Å². The summed E-state index contributed by atoms with van der Waals surface area (Å²) in [5.41, 5.74) is 0.421. The minimum atomic E-state index is -1.90. The normalized spacial score (nSPS) is 17.9. The summed E-state index contributed by atoms with van der Waals surface area (Å²) in [5, 5.41) is 55.9. The molecule has 0 saturated carbocycles. The molecule has 7 N–H and O–H groups in total. The standard InChI is InChI=1S/C34H33BF2N8O10/c1-15-19(14-21(37)28(47)27(15)46)26(30(48)38-24-13-16-2-4-20(36)25(32(50)51)29(16)55-35(24)54)39-33(52)45-11-10-44(34(45)53)18-6-8-43(9-7-18)31(49)17-3-5-22-23(12-17)41-42-40-22/h2-5,12,14,18,24,26,46-47,54H,6-11,13H2,1H3,(H,38,48)(H,39,52)(H,50,51)(H,40,41,42)/t24-,26?/m0/s1. The van der Waals surface area contributed by atoms with E-state index in [-0.39, 0.29) is 48.1 Å². The zero-order valence-electron chi connectivity index (χ0n) is 29.0. The van der Waals surface area contributed by atoms with Crippen molar-refractivity contribution in [3.63, 3.8) is 0 Å². The van der Waals surface area contributed by atoms with E-state index in [1.807, 2.05) is 0 Å². The van der Waals surface area contributed by atoms with E-state index in [1.165, 1.54) is 17.9 Å². The number of aromatic nitrogens is 3. The summed E-state index contributed by atoms with van der Waals surface area (Å²) in [4.78, 5) is 70.0. The van der Waals surface area contributed by atoms with Crippen molar-refractivity contribution in [2.75, 3.05) is 26.2 Å². The number of halogens is 2. The number of aromatic carboxylic acids is 1. The van der Waals surface area contributed by atoms with Gasteiger partial charge in [-0.3, -0.25) is 9.59 Å². The summed E-state index contributed by atoms with van der Waals surface area (Å²) in [6.07, 6.45) is 0.592. The molecule has 4 aromatic rings. The Labute approximate surface area is 309 Å². The van der Waals surface area contributed by atoms with Gasteiger partial charge in [0.1, 0.15) is 34.2 Å². The molecule has 1 unspecified atom stereocenters. The number of nitrogens with zero attached hydrogens (tertiary/aromatic N) is 5. The number of H-pyrrole nitrogens is 1. The molecule has 286 valence electrons. The van der Waals surface area contributed by atoms with Gasteiger partial charge in [0.2, 0.25) is 5.91 Å². The Hall–Kier alpha value is -6.51. The molecule has 2 fully saturated rings. The van der Waals surface area contributed by atoms with E-state index in [4.69, 9.17) is 4.65 Å². The van der Waals surface area contributed by atoms with Crippen LogP contribution in [0.5, 0.6) is 17.2 Å². The maximum absolute atomic E-state index is 14.8. The van der Waals surface area contributed by atoms with E-state index >= 15 is 0 Å². The Morgan fingerprint density at radius 2 is 1.71 bits per heavy atom. The molecule has 2 atom stereocenters. The maximum atomic E-state index is 14.8. The second-order valence-electron chi connectivity index (χ2n) is 13.4. The highest BCUT2D eigenvalue weighted by atomic mass is 19.1. The summed E-state index contributed by atoms with van der Waals surface area (Å²) < 4.78 is 34.3. The van der Waals surface area contributed by atoms with E-state index < -0.39 is 77.5 Å². The molecule has 0 aliphatic carbocycles. The lowest BCUT2D eigenvalue weighted by Gasteiger charge is -2.36. The van der Waals surface area contributed by atoms with Crippen LogP contribution in [0, 0.1) is 18.6 Å². The molecule has 3 aliphatic rings. The number of fused-ring (bicyclic) bond motifs is 2. The lowest BCUT2D eigenvalue weighted by atomic mass is 9.72. The smallest absolute Gasteiger partial charge is 0.534 e. The molecule has 18 nitrogen and oxygen atoms in total. The Morgan fingerprint density at radius 1 is 0.982 bits per heavy atom. The van der Waals surface area contributed by atoms with Crippen molar-refractivity contribution in [1.82, 2.24) is 40.7 Å². The van der Waals surface area contributed by atoms with Gasteiger partial charge in [-0.25, -0.2) is 28.1 Å². The number of amides is 6. The zero-order chi connectivity index (χ0) is 39.3.